The molecule has 26 valence electrons. The molecule has 0 aromatic heterocycles. The van der Waals surface area contributed by atoms with Crippen molar-refractivity contribution in [3.05, 3.63) is 0 Å². The molecule has 0 aromatic carbocycles. The van der Waals surface area contributed by atoms with Crippen molar-refractivity contribution >= 4 is 80.4 Å². The van der Waals surface area contributed by atoms with Crippen LogP contribution in [0.5, 0.6) is 0 Å². The predicted molar refractivity (Wildman–Crippen MR) is 24.2 cm³/mol. The topological polar surface area (TPSA) is 69.2 Å². The van der Waals surface area contributed by atoms with Crippen molar-refractivity contribution in [2.24, 2.45) is 0 Å². The van der Waals surface area contributed by atoms with Gasteiger partial charge in [-0.15, -0.1) is 0 Å². The molecule has 0 unspecified atom stereocenters. The fourth-order valence-electron chi connectivity index (χ4n) is 0. The minimum atomic E-state index is -3.37. The van der Waals surface area contributed by atoms with E-state index in [-0.39, 0.29) is 71.8 Å². The van der Waals surface area contributed by atoms with Gasteiger partial charge in [0.1, 0.15) is 0 Å². The molecule has 0 aliphatic rings. The summed E-state index contributed by atoms with van der Waals surface area (Å²) in [6.07, 6.45) is 0. The molecule has 3 nitrogen and oxygen atoms in total. The van der Waals surface area contributed by atoms with E-state index in [4.69, 9.17) is 14.7 Å². The Morgan fingerprint density at radius 2 is 1.00 bits per heavy atom. The van der Waals surface area contributed by atoms with Crippen LogP contribution < -0.4 is 14.7 Å². The Hall–Kier alpha value is 2.55. The molecule has 0 aliphatic heterocycles. The van der Waals surface area contributed by atoms with E-state index in [9.17, 15) is 0 Å². The fourth-order valence-corrected chi connectivity index (χ4v) is 0. The van der Waals surface area contributed by atoms with Gasteiger partial charge in [-0.05, 0) is 0 Å². The van der Waals surface area contributed by atoms with Crippen LogP contribution in [0.1, 0.15) is 0 Å². The van der Waals surface area contributed by atoms with Crippen LogP contribution in [0.4, 0.5) is 0 Å². The van der Waals surface area contributed by atoms with E-state index in [1.807, 2.05) is 0 Å². The Labute approximate surface area is 93.7 Å². The molecule has 0 N–H and O–H groups in total. The van der Waals surface area contributed by atoms with Crippen LogP contribution >= 0.6 is 8.60 Å². The van der Waals surface area contributed by atoms with E-state index >= 15 is 0 Å². The average molecular weight is 171 g/mol. The molecule has 0 saturated heterocycles. The fraction of sp³-hybridized carbons (Fsp3) is 0. The van der Waals surface area contributed by atoms with Gasteiger partial charge in [0.15, 0.2) is 0 Å². The zero-order valence-corrected chi connectivity index (χ0v) is 9.10. The van der Waals surface area contributed by atoms with Crippen LogP contribution in [0.15, 0.2) is 0 Å². The molecule has 0 atom stereocenters. The summed E-state index contributed by atoms with van der Waals surface area (Å²) in [6.45, 7) is 0. The zero-order chi connectivity index (χ0) is 3.58. The van der Waals surface area contributed by atoms with Gasteiger partial charge in [-0.2, -0.15) is 0 Å². The summed E-state index contributed by atoms with van der Waals surface area (Å²) in [6, 6.07) is 0. The second-order valence-electron chi connectivity index (χ2n) is 0.224. The maximum Gasteiger partial charge on any atom is 4.00 e. The zero-order valence-electron chi connectivity index (χ0n) is 3.59. The summed E-state index contributed by atoms with van der Waals surface area (Å²) < 4.78 is 0. The van der Waals surface area contributed by atoms with E-state index in [2.05, 4.69) is 0 Å². The molecule has 0 spiro atoms. The van der Waals surface area contributed by atoms with Gasteiger partial charge in [0, 0.05) is 0 Å². The van der Waals surface area contributed by atoms with Crippen molar-refractivity contribution in [2.45, 2.75) is 0 Å². The monoisotopic (exact) mass is 171 g/mol. The first-order valence-electron chi connectivity index (χ1n) is 0.548. The molecule has 7 heavy (non-hydrogen) atoms. The molecular weight excluding hydrogens is 171 g/mol. The molecule has 0 bridgehead atoms. The van der Waals surface area contributed by atoms with Crippen molar-refractivity contribution in [3.63, 3.8) is 0 Å². The van der Waals surface area contributed by atoms with Crippen LogP contribution in [0.25, 0.3) is 0 Å². The summed E-state index contributed by atoms with van der Waals surface area (Å²) >= 11 is 0. The van der Waals surface area contributed by atoms with Crippen LogP contribution in [-0.2, 0) is 0 Å². The van der Waals surface area contributed by atoms with Crippen LogP contribution in [0, 0.1) is 0 Å². The Kier molecular flexibility index (Phi) is 51.2. The minimum Gasteiger partial charge on any atom is -0.854 e. The van der Waals surface area contributed by atoms with Crippen LogP contribution in [0.2, 0.25) is 0 Å². The number of hydrogen-bond donors (Lipinski definition) is 0. The molecule has 0 saturated carbocycles. The summed E-state index contributed by atoms with van der Waals surface area (Å²) in [5.41, 5.74) is 0. The maximum atomic E-state index is 8.48. The second-order valence-corrected chi connectivity index (χ2v) is 0.671. The Bertz CT molecular complexity index is 19.7. The molecule has 0 heterocycles. The normalized spacial score (nSPS) is 5.14. The SMILES string of the molecule is [Ca+2].[Mg+2].[O-]P([O-])[O-].[Si+4]. The minimum absolute atomic E-state index is 0. The first kappa shape index (κ1) is 22.7. The van der Waals surface area contributed by atoms with Gasteiger partial charge in [0.25, 0.3) is 0 Å². The molecule has 0 radical (unpaired) electrons. The predicted octanol–water partition coefficient (Wildman–Crippen LogP) is -3.85. The quantitative estimate of drug-likeness (QED) is 0.277. The maximum absolute atomic E-state index is 8.48. The molecule has 0 aliphatic carbocycles. The van der Waals surface area contributed by atoms with E-state index in [0.29, 0.717) is 0 Å². The van der Waals surface area contributed by atoms with Gasteiger partial charge in [-0.25, -0.2) is 0 Å². The molecule has 7 heteroatoms. The molecule has 0 amide bonds. The van der Waals surface area contributed by atoms with Gasteiger partial charge in [-0.1, -0.05) is 0 Å². The van der Waals surface area contributed by atoms with Crippen molar-refractivity contribution in [1.29, 1.82) is 0 Å². The first-order valence-corrected chi connectivity index (χ1v) is 1.64. The smallest absolute Gasteiger partial charge is 0.854 e. The van der Waals surface area contributed by atoms with E-state index in [1.165, 1.54) is 0 Å². The average Bonchev–Trinajstić information content (AvgIpc) is 0.811. The number of rotatable bonds is 0. The Balaban J connectivity index is -0.0000000150. The summed E-state index contributed by atoms with van der Waals surface area (Å²) in [5, 5.41) is 0. The van der Waals surface area contributed by atoms with Gasteiger partial charge in [0.05, 0.1) is 0 Å². The van der Waals surface area contributed by atoms with Gasteiger partial charge in [-0.3, -0.25) is 0 Å². The van der Waals surface area contributed by atoms with Crippen molar-refractivity contribution in [2.75, 3.05) is 0 Å². The molecular formula is CaMgO3PSi+5. The third-order valence-corrected chi connectivity index (χ3v) is 0. The Morgan fingerprint density at radius 3 is 1.00 bits per heavy atom. The third kappa shape index (κ3) is 56.4. The summed E-state index contributed by atoms with van der Waals surface area (Å²) in [7, 11) is -3.37. The Morgan fingerprint density at radius 1 is 1.00 bits per heavy atom. The third-order valence-electron chi connectivity index (χ3n) is 0. The largest absolute Gasteiger partial charge is 4.00 e. The van der Waals surface area contributed by atoms with E-state index < -0.39 is 8.60 Å². The van der Waals surface area contributed by atoms with Crippen molar-refractivity contribution in [3.8, 4) is 0 Å². The van der Waals surface area contributed by atoms with E-state index in [0.717, 1.165) is 0 Å². The van der Waals surface area contributed by atoms with Crippen LogP contribution in [-0.4, -0.2) is 71.8 Å². The van der Waals surface area contributed by atoms with Gasteiger partial charge < -0.3 is 23.3 Å². The number of hydrogen-bond acceptors (Lipinski definition) is 3. The first-order chi connectivity index (χ1) is 1.73. The summed E-state index contributed by atoms with van der Waals surface area (Å²) in [5.74, 6) is 0. The van der Waals surface area contributed by atoms with Gasteiger partial charge >= 0.3 is 71.8 Å². The second kappa shape index (κ2) is 15.8. The van der Waals surface area contributed by atoms with Crippen molar-refractivity contribution < 1.29 is 14.7 Å². The molecule has 0 rings (SSSR count). The van der Waals surface area contributed by atoms with Crippen LogP contribution in [0.3, 0.4) is 0 Å². The molecule has 0 aromatic rings. The molecule has 0 fully saturated rings. The van der Waals surface area contributed by atoms with E-state index in [1.54, 1.807) is 0 Å². The van der Waals surface area contributed by atoms with Crippen molar-refractivity contribution in [1.82, 2.24) is 0 Å². The standard InChI is InChI=1S/Ca.Mg.O3P.Si/c;;1-4(2)3;/q2*+2;-3;+4. The van der Waals surface area contributed by atoms with Gasteiger partial charge in [0.2, 0.25) is 0 Å². The summed E-state index contributed by atoms with van der Waals surface area (Å²) in [4.78, 5) is 25.4.